The van der Waals surface area contributed by atoms with Crippen LogP contribution in [0.2, 0.25) is 0 Å². The van der Waals surface area contributed by atoms with Gasteiger partial charge in [0.15, 0.2) is 0 Å². The van der Waals surface area contributed by atoms with Crippen LogP contribution in [0.4, 0.5) is 4.39 Å². The number of carbonyl (C=O) groups excluding carboxylic acids is 3. The summed E-state index contributed by atoms with van der Waals surface area (Å²) in [5, 5.41) is 5.55. The van der Waals surface area contributed by atoms with Gasteiger partial charge in [0, 0.05) is 39.8 Å². The molecule has 2 N–H and O–H groups in total. The zero-order chi connectivity index (χ0) is 21.6. The van der Waals surface area contributed by atoms with Gasteiger partial charge in [-0.3, -0.25) is 14.4 Å². The zero-order valence-electron chi connectivity index (χ0n) is 17.4. The third kappa shape index (κ3) is 9.38. The zero-order valence-corrected chi connectivity index (χ0v) is 17.4. The molecule has 0 atom stereocenters. The van der Waals surface area contributed by atoms with E-state index in [4.69, 9.17) is 4.74 Å². The molecule has 162 valence electrons. The number of benzene rings is 1. The molecule has 1 rings (SSSR count). The molecule has 0 bridgehead atoms. The predicted molar refractivity (Wildman–Crippen MR) is 108 cm³/mol. The summed E-state index contributed by atoms with van der Waals surface area (Å²) in [5.41, 5.74) is 0.855. The minimum Gasteiger partial charge on any atom is -0.492 e. The molecular weight excluding hydrogens is 379 g/mol. The van der Waals surface area contributed by atoms with Crippen LogP contribution in [0.3, 0.4) is 0 Å². The second-order valence-corrected chi connectivity index (χ2v) is 6.61. The summed E-state index contributed by atoms with van der Waals surface area (Å²) in [4.78, 5) is 37.1. The van der Waals surface area contributed by atoms with E-state index in [2.05, 4.69) is 10.6 Å². The molecule has 3 amide bonds. The first-order chi connectivity index (χ1) is 13.9. The van der Waals surface area contributed by atoms with E-state index in [9.17, 15) is 18.8 Å². The van der Waals surface area contributed by atoms with Crippen molar-refractivity contribution in [3.05, 3.63) is 29.6 Å². The van der Waals surface area contributed by atoms with Crippen molar-refractivity contribution < 1.29 is 23.5 Å². The van der Waals surface area contributed by atoms with Gasteiger partial charge in [-0.1, -0.05) is 6.07 Å². The van der Waals surface area contributed by atoms with Crippen LogP contribution < -0.4 is 15.4 Å². The molecule has 1 aromatic carbocycles. The van der Waals surface area contributed by atoms with Crippen molar-refractivity contribution in [1.29, 1.82) is 0 Å². The Morgan fingerprint density at radius 2 is 1.93 bits per heavy atom. The van der Waals surface area contributed by atoms with E-state index in [1.165, 1.54) is 17.0 Å². The number of hydrogen-bond donors (Lipinski definition) is 2. The SMILES string of the molecule is CCN(C)C(=O)CN(C)C(=O)CNCCOc1cc(F)ccc1CCCNC=O. The lowest BCUT2D eigenvalue weighted by Crippen LogP contribution is -2.43. The third-order valence-electron chi connectivity index (χ3n) is 4.39. The first-order valence-electron chi connectivity index (χ1n) is 9.65. The van der Waals surface area contributed by atoms with E-state index in [1.54, 1.807) is 25.1 Å². The topological polar surface area (TPSA) is 91.0 Å². The molecule has 0 aliphatic heterocycles. The molecule has 1 aromatic rings. The van der Waals surface area contributed by atoms with E-state index >= 15 is 0 Å². The van der Waals surface area contributed by atoms with Crippen LogP contribution in [0.1, 0.15) is 18.9 Å². The maximum Gasteiger partial charge on any atom is 0.241 e. The fraction of sp³-hybridized carbons (Fsp3) is 0.550. The summed E-state index contributed by atoms with van der Waals surface area (Å²) in [5.74, 6) is -0.249. The highest BCUT2D eigenvalue weighted by molar-refractivity contribution is 5.85. The Hall–Kier alpha value is -2.68. The fourth-order valence-electron chi connectivity index (χ4n) is 2.46. The highest BCUT2D eigenvalue weighted by atomic mass is 19.1. The van der Waals surface area contributed by atoms with E-state index in [-0.39, 0.29) is 37.3 Å². The number of nitrogens with one attached hydrogen (secondary N) is 2. The van der Waals surface area contributed by atoms with Crippen LogP contribution in [0, 0.1) is 5.82 Å². The molecule has 0 heterocycles. The van der Waals surface area contributed by atoms with Crippen molar-refractivity contribution in [2.45, 2.75) is 19.8 Å². The Kier molecular flexibility index (Phi) is 11.3. The Balaban J connectivity index is 2.36. The molecule has 0 saturated carbocycles. The van der Waals surface area contributed by atoms with Crippen molar-refractivity contribution in [3.63, 3.8) is 0 Å². The Bertz CT molecular complexity index is 672. The highest BCUT2D eigenvalue weighted by Gasteiger charge is 2.14. The Morgan fingerprint density at radius 1 is 1.17 bits per heavy atom. The van der Waals surface area contributed by atoms with Crippen LogP contribution >= 0.6 is 0 Å². The maximum atomic E-state index is 13.5. The van der Waals surface area contributed by atoms with Crippen LogP contribution in [0.5, 0.6) is 5.75 Å². The first kappa shape index (κ1) is 24.4. The number of rotatable bonds is 14. The number of nitrogens with zero attached hydrogens (tertiary/aromatic N) is 2. The molecule has 0 saturated heterocycles. The van der Waals surface area contributed by atoms with Gasteiger partial charge in [0.2, 0.25) is 18.2 Å². The van der Waals surface area contributed by atoms with E-state index < -0.39 is 0 Å². The largest absolute Gasteiger partial charge is 0.492 e. The summed E-state index contributed by atoms with van der Waals surface area (Å²) >= 11 is 0. The predicted octanol–water partition coefficient (Wildman–Crippen LogP) is 0.409. The van der Waals surface area contributed by atoms with Gasteiger partial charge >= 0.3 is 0 Å². The quantitative estimate of drug-likeness (QED) is 0.342. The van der Waals surface area contributed by atoms with Gasteiger partial charge in [-0.2, -0.15) is 0 Å². The average molecular weight is 410 g/mol. The molecule has 0 aromatic heterocycles. The van der Waals surface area contributed by atoms with Crippen LogP contribution in [-0.2, 0) is 20.8 Å². The molecule has 29 heavy (non-hydrogen) atoms. The third-order valence-corrected chi connectivity index (χ3v) is 4.39. The van der Waals surface area contributed by atoms with Gasteiger partial charge in [0.25, 0.3) is 0 Å². The van der Waals surface area contributed by atoms with Gasteiger partial charge in [0.1, 0.15) is 18.2 Å². The minimum absolute atomic E-state index is 0.0347. The van der Waals surface area contributed by atoms with Crippen molar-refractivity contribution in [2.24, 2.45) is 0 Å². The molecule has 0 unspecified atom stereocenters. The van der Waals surface area contributed by atoms with Gasteiger partial charge in [-0.15, -0.1) is 0 Å². The van der Waals surface area contributed by atoms with Crippen molar-refractivity contribution >= 4 is 18.2 Å². The molecule has 0 fully saturated rings. The molecule has 0 radical (unpaired) electrons. The van der Waals surface area contributed by atoms with Crippen molar-refractivity contribution in [3.8, 4) is 5.75 Å². The number of aryl methyl sites for hydroxylation is 1. The van der Waals surface area contributed by atoms with Crippen LogP contribution in [0.15, 0.2) is 18.2 Å². The van der Waals surface area contributed by atoms with E-state index in [0.717, 1.165) is 5.56 Å². The lowest BCUT2D eigenvalue weighted by atomic mass is 10.1. The number of likely N-dealkylation sites (N-methyl/N-ethyl adjacent to an activating group) is 2. The molecule has 0 aliphatic rings. The van der Waals surface area contributed by atoms with Gasteiger partial charge in [-0.05, 0) is 31.4 Å². The Morgan fingerprint density at radius 3 is 2.62 bits per heavy atom. The van der Waals surface area contributed by atoms with Gasteiger partial charge in [0.05, 0.1) is 13.1 Å². The maximum absolute atomic E-state index is 13.5. The Labute approximate surface area is 171 Å². The summed E-state index contributed by atoms with van der Waals surface area (Å²) in [6, 6.07) is 4.37. The number of carbonyl (C=O) groups is 3. The average Bonchev–Trinajstić information content (AvgIpc) is 2.71. The highest BCUT2D eigenvalue weighted by Crippen LogP contribution is 2.21. The van der Waals surface area contributed by atoms with Crippen molar-refractivity contribution in [2.75, 3.05) is 53.4 Å². The number of ether oxygens (including phenoxy) is 1. The van der Waals surface area contributed by atoms with Crippen LogP contribution in [0.25, 0.3) is 0 Å². The molecular formula is C20H31FN4O4. The summed E-state index contributed by atoms with van der Waals surface area (Å²) in [6.07, 6.45) is 2.00. The second-order valence-electron chi connectivity index (χ2n) is 6.61. The molecule has 8 nitrogen and oxygen atoms in total. The summed E-state index contributed by atoms with van der Waals surface area (Å²) < 4.78 is 19.2. The standard InChI is InChI=1S/C20H31FN4O4/c1-4-24(2)20(28)14-25(3)19(27)13-22-10-11-29-18-12-17(21)8-7-16(18)6-5-9-23-15-26/h7-8,12,15,22H,4-6,9-11,13-14H2,1-3H3,(H,23,26). The normalized spacial score (nSPS) is 10.3. The molecule has 9 heteroatoms. The van der Waals surface area contributed by atoms with E-state index in [1.807, 2.05) is 6.92 Å². The number of amides is 3. The molecule has 0 aliphatic carbocycles. The fourth-order valence-corrected chi connectivity index (χ4v) is 2.46. The lowest BCUT2D eigenvalue weighted by molar-refractivity contribution is -0.138. The second kappa shape index (κ2) is 13.5. The van der Waals surface area contributed by atoms with Crippen LogP contribution in [-0.4, -0.2) is 81.5 Å². The monoisotopic (exact) mass is 410 g/mol. The van der Waals surface area contributed by atoms with Crippen molar-refractivity contribution in [1.82, 2.24) is 20.4 Å². The smallest absolute Gasteiger partial charge is 0.241 e. The summed E-state index contributed by atoms with van der Waals surface area (Å²) in [6.45, 7) is 3.76. The van der Waals surface area contributed by atoms with Gasteiger partial charge < -0.3 is 25.2 Å². The minimum atomic E-state index is -0.388. The number of hydrogen-bond acceptors (Lipinski definition) is 5. The van der Waals surface area contributed by atoms with E-state index in [0.29, 0.717) is 44.6 Å². The van der Waals surface area contributed by atoms with Gasteiger partial charge in [-0.25, -0.2) is 4.39 Å². The molecule has 0 spiro atoms. The number of halogens is 1. The lowest BCUT2D eigenvalue weighted by Gasteiger charge is -2.21. The summed E-state index contributed by atoms with van der Waals surface area (Å²) in [7, 11) is 3.27. The first-order valence-corrected chi connectivity index (χ1v) is 9.65.